The summed E-state index contributed by atoms with van der Waals surface area (Å²) in [7, 11) is 3.91. The smallest absolute Gasteiger partial charge is 0.193 e. The summed E-state index contributed by atoms with van der Waals surface area (Å²) < 4.78 is 5.40. The van der Waals surface area contributed by atoms with Crippen LogP contribution in [0, 0.1) is 0 Å². The van der Waals surface area contributed by atoms with Crippen molar-refractivity contribution >= 4 is 5.96 Å². The first kappa shape index (κ1) is 17.5. The maximum absolute atomic E-state index is 5.40. The van der Waals surface area contributed by atoms with Gasteiger partial charge in [-0.25, -0.2) is 0 Å². The molecule has 0 amide bonds. The maximum atomic E-state index is 5.40. The van der Waals surface area contributed by atoms with E-state index in [-0.39, 0.29) is 0 Å². The van der Waals surface area contributed by atoms with Crippen molar-refractivity contribution in [1.82, 2.24) is 10.2 Å². The fourth-order valence-electron chi connectivity index (χ4n) is 2.04. The molecule has 118 valence electrons. The Hall–Kier alpha value is -1.55. The summed E-state index contributed by atoms with van der Waals surface area (Å²) in [5.74, 6) is 0.946. The van der Waals surface area contributed by atoms with E-state index in [9.17, 15) is 0 Å². The van der Waals surface area contributed by atoms with Gasteiger partial charge in [0, 0.05) is 33.8 Å². The molecule has 21 heavy (non-hydrogen) atoms. The Kier molecular flexibility index (Phi) is 8.51. The largest absolute Gasteiger partial charge is 0.377 e. The zero-order valence-electron chi connectivity index (χ0n) is 13.9. The first-order valence-corrected chi connectivity index (χ1v) is 7.78. The summed E-state index contributed by atoms with van der Waals surface area (Å²) in [6, 6.07) is 8.52. The number of aliphatic imine (C=N–C) groups is 1. The molecule has 0 atom stereocenters. The van der Waals surface area contributed by atoms with Crippen molar-refractivity contribution in [2.45, 2.75) is 39.8 Å². The van der Waals surface area contributed by atoms with Crippen LogP contribution in [0.25, 0.3) is 0 Å². The van der Waals surface area contributed by atoms with Gasteiger partial charge >= 0.3 is 0 Å². The van der Waals surface area contributed by atoms with E-state index in [1.165, 1.54) is 24.0 Å². The zero-order valence-corrected chi connectivity index (χ0v) is 13.9. The van der Waals surface area contributed by atoms with E-state index < -0.39 is 0 Å². The maximum Gasteiger partial charge on any atom is 0.193 e. The third kappa shape index (κ3) is 6.63. The Morgan fingerprint density at radius 2 is 1.86 bits per heavy atom. The lowest BCUT2D eigenvalue weighted by atomic mass is 10.1. The molecule has 0 unspecified atom stereocenters. The van der Waals surface area contributed by atoms with Crippen molar-refractivity contribution < 1.29 is 4.74 Å². The average Bonchev–Trinajstić information content (AvgIpc) is 2.52. The SMILES string of the molecule is CCCCN(C)C(=NC)NCc1ccc(COCC)cc1. The average molecular weight is 291 g/mol. The van der Waals surface area contributed by atoms with E-state index in [0.717, 1.165) is 25.7 Å². The van der Waals surface area contributed by atoms with Gasteiger partial charge in [0.15, 0.2) is 5.96 Å². The van der Waals surface area contributed by atoms with Crippen LogP contribution in [0.4, 0.5) is 0 Å². The van der Waals surface area contributed by atoms with Crippen molar-refractivity contribution in [3.8, 4) is 0 Å². The van der Waals surface area contributed by atoms with Gasteiger partial charge < -0.3 is 15.0 Å². The van der Waals surface area contributed by atoms with Gasteiger partial charge in [-0.1, -0.05) is 37.6 Å². The van der Waals surface area contributed by atoms with Gasteiger partial charge in [0.25, 0.3) is 0 Å². The summed E-state index contributed by atoms with van der Waals surface area (Å²) in [6.45, 7) is 7.48. The molecule has 0 aromatic heterocycles. The summed E-state index contributed by atoms with van der Waals surface area (Å²) in [4.78, 5) is 6.50. The highest BCUT2D eigenvalue weighted by Gasteiger charge is 2.04. The van der Waals surface area contributed by atoms with Crippen LogP contribution < -0.4 is 5.32 Å². The van der Waals surface area contributed by atoms with Gasteiger partial charge in [0.1, 0.15) is 0 Å². The molecule has 0 heterocycles. The molecule has 0 aliphatic heterocycles. The molecule has 1 N–H and O–H groups in total. The van der Waals surface area contributed by atoms with Crippen LogP contribution >= 0.6 is 0 Å². The van der Waals surface area contributed by atoms with E-state index in [0.29, 0.717) is 6.61 Å². The molecular formula is C17H29N3O. The van der Waals surface area contributed by atoms with Crippen LogP contribution in [0.1, 0.15) is 37.8 Å². The lowest BCUT2D eigenvalue weighted by Gasteiger charge is -2.21. The molecule has 0 saturated heterocycles. The Labute approximate surface area is 129 Å². The number of hydrogen-bond acceptors (Lipinski definition) is 2. The number of unbranched alkanes of at least 4 members (excludes halogenated alkanes) is 1. The second kappa shape index (κ2) is 10.2. The van der Waals surface area contributed by atoms with Gasteiger partial charge in [-0.2, -0.15) is 0 Å². The summed E-state index contributed by atoms with van der Waals surface area (Å²) in [5.41, 5.74) is 2.46. The second-order valence-corrected chi connectivity index (χ2v) is 5.13. The molecule has 0 saturated carbocycles. The molecule has 0 radical (unpaired) electrons. The Balaban J connectivity index is 2.45. The molecule has 0 aliphatic rings. The van der Waals surface area contributed by atoms with E-state index in [2.05, 4.69) is 53.4 Å². The van der Waals surface area contributed by atoms with E-state index >= 15 is 0 Å². The van der Waals surface area contributed by atoms with Gasteiger partial charge in [-0.05, 0) is 24.5 Å². The fraction of sp³-hybridized carbons (Fsp3) is 0.588. The summed E-state index contributed by atoms with van der Waals surface area (Å²) >= 11 is 0. The third-order valence-electron chi connectivity index (χ3n) is 3.37. The molecule has 0 fully saturated rings. The van der Waals surface area contributed by atoms with Crippen LogP contribution in [0.5, 0.6) is 0 Å². The fourth-order valence-corrected chi connectivity index (χ4v) is 2.04. The molecule has 4 heteroatoms. The number of nitrogens with one attached hydrogen (secondary N) is 1. The number of guanidine groups is 1. The first-order chi connectivity index (χ1) is 10.2. The lowest BCUT2D eigenvalue weighted by molar-refractivity contribution is 0.134. The number of benzene rings is 1. The van der Waals surface area contributed by atoms with E-state index in [1.807, 2.05) is 14.0 Å². The van der Waals surface area contributed by atoms with Gasteiger partial charge in [-0.3, -0.25) is 4.99 Å². The van der Waals surface area contributed by atoms with Crippen molar-refractivity contribution in [2.24, 2.45) is 4.99 Å². The normalized spacial score (nSPS) is 11.5. The zero-order chi connectivity index (χ0) is 15.5. The topological polar surface area (TPSA) is 36.9 Å². The summed E-state index contributed by atoms with van der Waals surface area (Å²) in [5, 5.41) is 3.40. The van der Waals surface area contributed by atoms with E-state index in [4.69, 9.17) is 4.74 Å². The highest BCUT2D eigenvalue weighted by atomic mass is 16.5. The van der Waals surface area contributed by atoms with Crippen LogP contribution in [0.3, 0.4) is 0 Å². The molecule has 1 aromatic rings. The van der Waals surface area contributed by atoms with Crippen molar-refractivity contribution in [3.63, 3.8) is 0 Å². The van der Waals surface area contributed by atoms with Crippen molar-refractivity contribution in [1.29, 1.82) is 0 Å². The van der Waals surface area contributed by atoms with Gasteiger partial charge in [0.05, 0.1) is 6.61 Å². The quantitative estimate of drug-likeness (QED) is 0.591. The number of rotatable bonds is 8. The van der Waals surface area contributed by atoms with Crippen LogP contribution in [0.2, 0.25) is 0 Å². The second-order valence-electron chi connectivity index (χ2n) is 5.13. The highest BCUT2D eigenvalue weighted by molar-refractivity contribution is 5.79. The minimum absolute atomic E-state index is 0.686. The third-order valence-corrected chi connectivity index (χ3v) is 3.37. The Morgan fingerprint density at radius 1 is 1.19 bits per heavy atom. The monoisotopic (exact) mass is 291 g/mol. The van der Waals surface area contributed by atoms with E-state index in [1.54, 1.807) is 0 Å². The number of ether oxygens (including phenoxy) is 1. The molecule has 0 spiro atoms. The molecular weight excluding hydrogens is 262 g/mol. The standard InChI is InChI=1S/C17H29N3O/c1-5-7-12-20(4)17(18-3)19-13-15-8-10-16(11-9-15)14-21-6-2/h8-11H,5-7,12-14H2,1-4H3,(H,18,19). The van der Waals surface area contributed by atoms with Crippen molar-refractivity contribution in [2.75, 3.05) is 27.2 Å². The highest BCUT2D eigenvalue weighted by Crippen LogP contribution is 2.06. The van der Waals surface area contributed by atoms with Crippen LogP contribution in [-0.2, 0) is 17.9 Å². The predicted molar refractivity (Wildman–Crippen MR) is 89.5 cm³/mol. The number of nitrogens with zero attached hydrogens (tertiary/aromatic N) is 2. The Morgan fingerprint density at radius 3 is 2.43 bits per heavy atom. The van der Waals surface area contributed by atoms with Gasteiger partial charge in [-0.15, -0.1) is 0 Å². The summed E-state index contributed by atoms with van der Waals surface area (Å²) in [6.07, 6.45) is 2.38. The molecule has 0 aliphatic carbocycles. The molecule has 0 bridgehead atoms. The molecule has 1 aromatic carbocycles. The lowest BCUT2D eigenvalue weighted by Crippen LogP contribution is -2.38. The van der Waals surface area contributed by atoms with Crippen LogP contribution in [0.15, 0.2) is 29.3 Å². The first-order valence-electron chi connectivity index (χ1n) is 7.78. The molecule has 4 nitrogen and oxygen atoms in total. The minimum Gasteiger partial charge on any atom is -0.377 e. The van der Waals surface area contributed by atoms with Crippen molar-refractivity contribution in [3.05, 3.63) is 35.4 Å². The van der Waals surface area contributed by atoms with Crippen LogP contribution in [-0.4, -0.2) is 38.1 Å². The predicted octanol–water partition coefficient (Wildman–Crippen LogP) is 3.03. The Bertz CT molecular complexity index is 415. The number of hydrogen-bond donors (Lipinski definition) is 1. The minimum atomic E-state index is 0.686. The van der Waals surface area contributed by atoms with Gasteiger partial charge in [0.2, 0.25) is 0 Å². The molecule has 1 rings (SSSR count).